The Morgan fingerprint density at radius 3 is 2.77 bits per heavy atom. The minimum atomic E-state index is -0.324. The van der Waals surface area contributed by atoms with Crippen LogP contribution in [-0.4, -0.2) is 24.9 Å². The van der Waals surface area contributed by atoms with Gasteiger partial charge in [0, 0.05) is 31.1 Å². The molecule has 2 heterocycles. The van der Waals surface area contributed by atoms with Gasteiger partial charge in [-0.05, 0) is 35.7 Å². The number of nitrogens with one attached hydrogen (secondary N) is 1. The van der Waals surface area contributed by atoms with Crippen LogP contribution in [0.15, 0.2) is 41.8 Å². The molecular formula is C16H15FN2O2S. The van der Waals surface area contributed by atoms with E-state index in [9.17, 15) is 14.0 Å². The molecule has 0 saturated carbocycles. The summed E-state index contributed by atoms with van der Waals surface area (Å²) in [7, 11) is 0. The van der Waals surface area contributed by atoms with Gasteiger partial charge in [-0.25, -0.2) is 4.39 Å². The van der Waals surface area contributed by atoms with Crippen LogP contribution in [0.1, 0.15) is 16.1 Å². The summed E-state index contributed by atoms with van der Waals surface area (Å²) in [4.78, 5) is 26.3. The second-order valence-electron chi connectivity index (χ2n) is 5.24. The number of hydrogen-bond donors (Lipinski definition) is 1. The highest BCUT2D eigenvalue weighted by molar-refractivity contribution is 7.12. The molecule has 1 aliphatic rings. The molecular weight excluding hydrogens is 303 g/mol. The summed E-state index contributed by atoms with van der Waals surface area (Å²) in [6.45, 7) is 0.995. The molecule has 0 bridgehead atoms. The van der Waals surface area contributed by atoms with Crippen molar-refractivity contribution in [3.05, 3.63) is 52.5 Å². The van der Waals surface area contributed by atoms with E-state index in [1.165, 1.54) is 23.5 Å². The fraction of sp³-hybridized carbons (Fsp3) is 0.250. The zero-order valence-corrected chi connectivity index (χ0v) is 12.6. The highest BCUT2D eigenvalue weighted by Gasteiger charge is 2.30. The molecule has 1 N–H and O–H groups in total. The van der Waals surface area contributed by atoms with Gasteiger partial charge in [-0.1, -0.05) is 6.07 Å². The highest BCUT2D eigenvalue weighted by atomic mass is 32.1. The van der Waals surface area contributed by atoms with Gasteiger partial charge in [-0.15, -0.1) is 11.3 Å². The molecule has 1 saturated heterocycles. The first-order chi connectivity index (χ1) is 10.6. The van der Waals surface area contributed by atoms with Gasteiger partial charge in [0.15, 0.2) is 0 Å². The van der Waals surface area contributed by atoms with Crippen molar-refractivity contribution in [1.82, 2.24) is 5.32 Å². The van der Waals surface area contributed by atoms with Crippen molar-refractivity contribution in [2.24, 2.45) is 5.92 Å². The average molecular weight is 318 g/mol. The van der Waals surface area contributed by atoms with Crippen LogP contribution in [-0.2, 0) is 4.79 Å². The number of benzene rings is 1. The summed E-state index contributed by atoms with van der Waals surface area (Å²) in [5.74, 6) is -0.360. The van der Waals surface area contributed by atoms with Gasteiger partial charge in [0.1, 0.15) is 5.82 Å². The van der Waals surface area contributed by atoms with Gasteiger partial charge in [0.2, 0.25) is 5.91 Å². The van der Waals surface area contributed by atoms with Crippen molar-refractivity contribution in [3.8, 4) is 0 Å². The third-order valence-electron chi connectivity index (χ3n) is 3.64. The second kappa shape index (κ2) is 6.27. The molecule has 1 atom stereocenters. The number of halogens is 1. The summed E-state index contributed by atoms with van der Waals surface area (Å²) in [5.41, 5.74) is 0.693. The first kappa shape index (κ1) is 14.7. The van der Waals surface area contributed by atoms with Crippen molar-refractivity contribution < 1.29 is 14.0 Å². The largest absolute Gasteiger partial charge is 0.351 e. The number of nitrogens with zero attached hydrogens (tertiary/aromatic N) is 1. The lowest BCUT2D eigenvalue weighted by Gasteiger charge is -2.16. The first-order valence-electron chi connectivity index (χ1n) is 7.01. The Bertz CT molecular complexity index is 670. The zero-order valence-electron chi connectivity index (χ0n) is 11.8. The maximum atomic E-state index is 12.9. The van der Waals surface area contributed by atoms with Crippen LogP contribution in [0.3, 0.4) is 0 Å². The van der Waals surface area contributed by atoms with E-state index in [-0.39, 0.29) is 23.5 Å². The summed E-state index contributed by atoms with van der Waals surface area (Å²) >= 11 is 1.39. The molecule has 22 heavy (non-hydrogen) atoms. The number of anilines is 1. The van der Waals surface area contributed by atoms with Crippen molar-refractivity contribution in [2.45, 2.75) is 6.42 Å². The maximum Gasteiger partial charge on any atom is 0.261 e. The van der Waals surface area contributed by atoms with Crippen LogP contribution in [0.25, 0.3) is 0 Å². The van der Waals surface area contributed by atoms with Crippen LogP contribution < -0.4 is 10.2 Å². The molecule has 6 heteroatoms. The Hall–Kier alpha value is -2.21. The van der Waals surface area contributed by atoms with Crippen molar-refractivity contribution in [1.29, 1.82) is 0 Å². The summed E-state index contributed by atoms with van der Waals surface area (Å²) in [5, 5.41) is 4.71. The number of rotatable bonds is 4. The molecule has 2 aromatic rings. The second-order valence-corrected chi connectivity index (χ2v) is 6.19. The molecule has 0 radical (unpaired) electrons. The molecule has 114 valence electrons. The van der Waals surface area contributed by atoms with E-state index < -0.39 is 0 Å². The van der Waals surface area contributed by atoms with E-state index in [1.807, 2.05) is 11.4 Å². The van der Waals surface area contributed by atoms with Crippen LogP contribution in [0.2, 0.25) is 0 Å². The Morgan fingerprint density at radius 1 is 1.32 bits per heavy atom. The highest BCUT2D eigenvalue weighted by Crippen LogP contribution is 2.25. The molecule has 2 amide bonds. The normalized spacial score (nSPS) is 17.8. The van der Waals surface area contributed by atoms with Gasteiger partial charge in [-0.2, -0.15) is 0 Å². The number of amides is 2. The number of thiophene rings is 1. The number of carbonyl (C=O) groups is 2. The first-order valence-corrected chi connectivity index (χ1v) is 7.89. The minimum absolute atomic E-state index is 0.00183. The van der Waals surface area contributed by atoms with Gasteiger partial charge in [-0.3, -0.25) is 9.59 Å². The Balaban J connectivity index is 1.58. The Morgan fingerprint density at radius 2 is 2.09 bits per heavy atom. The molecule has 4 nitrogen and oxygen atoms in total. The smallest absolute Gasteiger partial charge is 0.261 e. The lowest BCUT2D eigenvalue weighted by atomic mass is 10.1. The summed E-state index contributed by atoms with van der Waals surface area (Å²) in [6, 6.07) is 9.47. The third-order valence-corrected chi connectivity index (χ3v) is 4.51. The molecule has 1 aromatic heterocycles. The summed E-state index contributed by atoms with van der Waals surface area (Å²) in [6.07, 6.45) is 0.391. The van der Waals surface area contributed by atoms with Crippen LogP contribution >= 0.6 is 11.3 Å². The fourth-order valence-electron chi connectivity index (χ4n) is 2.52. The average Bonchev–Trinajstić information content (AvgIpc) is 3.15. The fourth-order valence-corrected chi connectivity index (χ4v) is 3.16. The number of carbonyl (C=O) groups excluding carboxylic acids is 2. The molecule has 1 fully saturated rings. The van der Waals surface area contributed by atoms with Gasteiger partial charge < -0.3 is 10.2 Å². The monoisotopic (exact) mass is 318 g/mol. The quantitative estimate of drug-likeness (QED) is 0.942. The third kappa shape index (κ3) is 3.17. The molecule has 0 spiro atoms. The molecule has 0 unspecified atom stereocenters. The standard InChI is InChI=1S/C16H15FN2O2S/c17-12-3-5-13(6-4-12)19-10-11(8-15(19)20)9-18-16(21)14-2-1-7-22-14/h1-7,11H,8-10H2,(H,18,21)/t11-/m0/s1. The maximum absolute atomic E-state index is 12.9. The van der Waals surface area contributed by atoms with Crippen LogP contribution in [0.4, 0.5) is 10.1 Å². The van der Waals surface area contributed by atoms with Crippen molar-refractivity contribution >= 4 is 28.8 Å². The van der Waals surface area contributed by atoms with E-state index >= 15 is 0 Å². The van der Waals surface area contributed by atoms with Crippen molar-refractivity contribution in [2.75, 3.05) is 18.0 Å². The van der Waals surface area contributed by atoms with E-state index in [4.69, 9.17) is 0 Å². The Kier molecular flexibility index (Phi) is 4.20. The van der Waals surface area contributed by atoms with Gasteiger partial charge in [0.25, 0.3) is 5.91 Å². The zero-order chi connectivity index (χ0) is 15.5. The Labute approximate surface area is 131 Å². The molecule has 3 rings (SSSR count). The topological polar surface area (TPSA) is 49.4 Å². The van der Waals surface area contributed by atoms with Gasteiger partial charge >= 0.3 is 0 Å². The molecule has 1 aromatic carbocycles. The number of hydrogen-bond acceptors (Lipinski definition) is 3. The molecule has 0 aliphatic carbocycles. The van der Waals surface area contributed by atoms with Crippen LogP contribution in [0, 0.1) is 11.7 Å². The van der Waals surface area contributed by atoms with E-state index in [0.29, 0.717) is 30.1 Å². The van der Waals surface area contributed by atoms with E-state index in [0.717, 1.165) is 0 Å². The lowest BCUT2D eigenvalue weighted by molar-refractivity contribution is -0.117. The van der Waals surface area contributed by atoms with E-state index in [1.54, 1.807) is 23.1 Å². The predicted octanol–water partition coefficient (Wildman–Crippen LogP) is 2.67. The van der Waals surface area contributed by atoms with Crippen molar-refractivity contribution in [3.63, 3.8) is 0 Å². The minimum Gasteiger partial charge on any atom is -0.351 e. The van der Waals surface area contributed by atoms with Crippen LogP contribution in [0.5, 0.6) is 0 Å². The SMILES string of the molecule is O=C(NC[C@@H]1CC(=O)N(c2ccc(F)cc2)C1)c1cccs1. The van der Waals surface area contributed by atoms with E-state index in [2.05, 4.69) is 5.32 Å². The molecule has 1 aliphatic heterocycles. The van der Waals surface area contributed by atoms with Gasteiger partial charge in [0.05, 0.1) is 4.88 Å². The summed E-state index contributed by atoms with van der Waals surface area (Å²) < 4.78 is 12.9. The predicted molar refractivity (Wildman–Crippen MR) is 83.5 cm³/mol. The lowest BCUT2D eigenvalue weighted by Crippen LogP contribution is -2.30.